The predicted molar refractivity (Wildman–Crippen MR) is 95.4 cm³/mol. The maximum Gasteiger partial charge on any atom is 0.315 e. The van der Waals surface area contributed by atoms with E-state index in [0.29, 0.717) is 24.3 Å². The van der Waals surface area contributed by atoms with Crippen LogP contribution in [0.25, 0.3) is 0 Å². The molecule has 0 aliphatic heterocycles. The highest BCUT2D eigenvalue weighted by Gasteiger charge is 2.18. The number of para-hydroxylation sites is 1. The Kier molecular flexibility index (Phi) is 6.19. The van der Waals surface area contributed by atoms with Crippen molar-refractivity contribution in [2.75, 3.05) is 11.1 Å². The van der Waals surface area contributed by atoms with Gasteiger partial charge in [-0.05, 0) is 36.2 Å². The first-order chi connectivity index (χ1) is 11.6. The summed E-state index contributed by atoms with van der Waals surface area (Å²) in [5.74, 6) is -0.244. The number of carbonyl (C=O) groups is 2. The Hall–Kier alpha value is -3.02. The second-order valence-electron chi connectivity index (χ2n) is 5.38. The first-order valence-corrected chi connectivity index (χ1v) is 7.83. The molecular formula is C18H22N4O2. The molecule has 6 nitrogen and oxygen atoms in total. The van der Waals surface area contributed by atoms with E-state index in [-0.39, 0.29) is 11.9 Å². The minimum atomic E-state index is -0.600. The topological polar surface area (TPSA) is 96.2 Å². The fourth-order valence-electron chi connectivity index (χ4n) is 2.13. The summed E-state index contributed by atoms with van der Waals surface area (Å²) in [6.07, 6.45) is 0.494. The third-order valence-corrected chi connectivity index (χ3v) is 3.50. The summed E-state index contributed by atoms with van der Waals surface area (Å²) in [7, 11) is 0. The van der Waals surface area contributed by atoms with Gasteiger partial charge in [-0.3, -0.25) is 4.79 Å². The van der Waals surface area contributed by atoms with Gasteiger partial charge in [0.05, 0.1) is 0 Å². The molecule has 2 aromatic rings. The molecule has 0 aliphatic carbocycles. The predicted octanol–water partition coefficient (Wildman–Crippen LogP) is 2.49. The molecule has 0 aromatic heterocycles. The van der Waals surface area contributed by atoms with Crippen LogP contribution in [0.3, 0.4) is 0 Å². The van der Waals surface area contributed by atoms with Gasteiger partial charge in [0.15, 0.2) is 0 Å². The standard InChI is InChI=1S/C18H22N4O2/c1-2-16(17(23)21-15-6-4-3-5-7-15)22-18(24)20-12-13-8-10-14(19)11-9-13/h3-11,16H,2,12,19H2,1H3,(H,21,23)(H2,20,22,24). The average molecular weight is 326 g/mol. The summed E-state index contributed by atoms with van der Waals surface area (Å²) in [4.78, 5) is 24.2. The molecule has 0 fully saturated rings. The Morgan fingerprint density at radius 1 is 1.04 bits per heavy atom. The van der Waals surface area contributed by atoms with Crippen LogP contribution in [0, 0.1) is 0 Å². The zero-order valence-corrected chi connectivity index (χ0v) is 13.6. The SMILES string of the molecule is CCC(NC(=O)NCc1ccc(N)cc1)C(=O)Nc1ccccc1. The largest absolute Gasteiger partial charge is 0.399 e. The lowest BCUT2D eigenvalue weighted by molar-refractivity contribution is -0.118. The highest BCUT2D eigenvalue weighted by atomic mass is 16.2. The van der Waals surface area contributed by atoms with Gasteiger partial charge in [0.1, 0.15) is 6.04 Å². The maximum atomic E-state index is 12.2. The first-order valence-electron chi connectivity index (χ1n) is 7.83. The number of nitrogens with two attached hydrogens (primary N) is 1. The molecular weight excluding hydrogens is 304 g/mol. The lowest BCUT2D eigenvalue weighted by atomic mass is 10.2. The first kappa shape index (κ1) is 17.3. The molecule has 6 heteroatoms. The van der Waals surface area contributed by atoms with E-state index in [1.165, 1.54) is 0 Å². The number of benzene rings is 2. The molecule has 0 bridgehead atoms. The summed E-state index contributed by atoms with van der Waals surface area (Å²) >= 11 is 0. The summed E-state index contributed by atoms with van der Waals surface area (Å²) in [5, 5.41) is 8.20. The number of rotatable bonds is 6. The number of urea groups is 1. The van der Waals surface area contributed by atoms with Crippen LogP contribution in [0.5, 0.6) is 0 Å². The molecule has 2 aromatic carbocycles. The van der Waals surface area contributed by atoms with E-state index < -0.39 is 6.04 Å². The summed E-state index contributed by atoms with van der Waals surface area (Å²) in [6.45, 7) is 2.21. The van der Waals surface area contributed by atoms with E-state index in [9.17, 15) is 9.59 Å². The van der Waals surface area contributed by atoms with Gasteiger partial charge in [0.2, 0.25) is 5.91 Å². The van der Waals surface area contributed by atoms with Crippen LogP contribution >= 0.6 is 0 Å². The Morgan fingerprint density at radius 2 is 1.71 bits per heavy atom. The third-order valence-electron chi connectivity index (χ3n) is 3.50. The molecule has 0 radical (unpaired) electrons. The van der Waals surface area contributed by atoms with Gasteiger partial charge < -0.3 is 21.7 Å². The number of nitrogen functional groups attached to an aromatic ring is 1. The average Bonchev–Trinajstić information content (AvgIpc) is 2.60. The van der Waals surface area contributed by atoms with Crippen molar-refractivity contribution in [1.29, 1.82) is 0 Å². The fourth-order valence-corrected chi connectivity index (χ4v) is 2.13. The molecule has 0 spiro atoms. The number of hydrogen-bond donors (Lipinski definition) is 4. The number of carbonyl (C=O) groups excluding carboxylic acids is 2. The second-order valence-corrected chi connectivity index (χ2v) is 5.38. The van der Waals surface area contributed by atoms with Crippen LogP contribution in [0.2, 0.25) is 0 Å². The van der Waals surface area contributed by atoms with Crippen molar-refractivity contribution in [1.82, 2.24) is 10.6 Å². The molecule has 24 heavy (non-hydrogen) atoms. The smallest absolute Gasteiger partial charge is 0.315 e. The zero-order valence-electron chi connectivity index (χ0n) is 13.6. The molecule has 3 amide bonds. The van der Waals surface area contributed by atoms with Gasteiger partial charge in [0, 0.05) is 17.9 Å². The van der Waals surface area contributed by atoms with Crippen molar-refractivity contribution >= 4 is 23.3 Å². The molecule has 1 atom stereocenters. The Balaban J connectivity index is 1.83. The molecule has 126 valence electrons. The van der Waals surface area contributed by atoms with Crippen LogP contribution in [0.1, 0.15) is 18.9 Å². The molecule has 0 heterocycles. The minimum absolute atomic E-state index is 0.244. The molecule has 5 N–H and O–H groups in total. The fraction of sp³-hybridized carbons (Fsp3) is 0.222. The Labute approximate surface area is 141 Å². The highest BCUT2D eigenvalue weighted by molar-refractivity contribution is 5.96. The highest BCUT2D eigenvalue weighted by Crippen LogP contribution is 2.07. The van der Waals surface area contributed by atoms with E-state index in [0.717, 1.165) is 5.56 Å². The molecule has 1 unspecified atom stereocenters. The monoisotopic (exact) mass is 326 g/mol. The normalized spacial score (nSPS) is 11.4. The maximum absolute atomic E-state index is 12.2. The van der Waals surface area contributed by atoms with E-state index in [2.05, 4.69) is 16.0 Å². The van der Waals surface area contributed by atoms with Crippen molar-refractivity contribution in [2.45, 2.75) is 25.9 Å². The van der Waals surface area contributed by atoms with Gasteiger partial charge in [0.25, 0.3) is 0 Å². The van der Waals surface area contributed by atoms with Crippen LogP contribution in [-0.2, 0) is 11.3 Å². The lowest BCUT2D eigenvalue weighted by Crippen LogP contribution is -2.47. The lowest BCUT2D eigenvalue weighted by Gasteiger charge is -2.17. The van der Waals surface area contributed by atoms with Crippen LogP contribution in [0.4, 0.5) is 16.2 Å². The molecule has 2 rings (SSSR count). The van der Waals surface area contributed by atoms with Crippen molar-refractivity contribution in [3.63, 3.8) is 0 Å². The van der Waals surface area contributed by atoms with Crippen molar-refractivity contribution in [3.8, 4) is 0 Å². The number of amides is 3. The number of hydrogen-bond acceptors (Lipinski definition) is 3. The second kappa shape index (κ2) is 8.57. The van der Waals surface area contributed by atoms with E-state index in [4.69, 9.17) is 5.73 Å². The van der Waals surface area contributed by atoms with Gasteiger partial charge in [-0.15, -0.1) is 0 Å². The minimum Gasteiger partial charge on any atom is -0.399 e. The summed E-state index contributed by atoms with van der Waals surface area (Å²) < 4.78 is 0. The van der Waals surface area contributed by atoms with Gasteiger partial charge >= 0.3 is 6.03 Å². The van der Waals surface area contributed by atoms with Crippen LogP contribution in [-0.4, -0.2) is 18.0 Å². The van der Waals surface area contributed by atoms with Gasteiger partial charge in [-0.1, -0.05) is 37.3 Å². The molecule has 0 saturated heterocycles. The quantitative estimate of drug-likeness (QED) is 0.614. The Bertz CT molecular complexity index is 671. The van der Waals surface area contributed by atoms with Gasteiger partial charge in [-0.25, -0.2) is 4.79 Å². The Morgan fingerprint density at radius 3 is 2.33 bits per heavy atom. The van der Waals surface area contributed by atoms with Crippen LogP contribution < -0.4 is 21.7 Å². The zero-order chi connectivity index (χ0) is 17.4. The van der Waals surface area contributed by atoms with Crippen molar-refractivity contribution in [3.05, 3.63) is 60.2 Å². The van der Waals surface area contributed by atoms with Crippen molar-refractivity contribution < 1.29 is 9.59 Å². The summed E-state index contributed by atoms with van der Waals surface area (Å²) in [6, 6.07) is 15.4. The number of anilines is 2. The van der Waals surface area contributed by atoms with E-state index in [1.807, 2.05) is 37.3 Å². The molecule has 0 aliphatic rings. The van der Waals surface area contributed by atoms with Gasteiger partial charge in [-0.2, -0.15) is 0 Å². The number of nitrogens with one attached hydrogen (secondary N) is 3. The third kappa shape index (κ3) is 5.31. The van der Waals surface area contributed by atoms with Crippen molar-refractivity contribution in [2.24, 2.45) is 0 Å². The van der Waals surface area contributed by atoms with E-state index in [1.54, 1.807) is 24.3 Å². The molecule has 0 saturated carbocycles. The summed E-state index contributed by atoms with van der Waals surface area (Å²) in [5.41, 5.74) is 7.92. The van der Waals surface area contributed by atoms with E-state index >= 15 is 0 Å². The van der Waals surface area contributed by atoms with Crippen LogP contribution in [0.15, 0.2) is 54.6 Å².